The number of ether oxygens (including phenoxy) is 1. The van der Waals surface area contributed by atoms with E-state index in [-0.39, 0.29) is 12.1 Å². The smallest absolute Gasteiger partial charge is 0.339 e. The summed E-state index contributed by atoms with van der Waals surface area (Å²) in [5.41, 5.74) is 0.391. The molecule has 0 aromatic heterocycles. The molecule has 1 aromatic rings. The van der Waals surface area contributed by atoms with Crippen molar-refractivity contribution >= 4 is 29.2 Å². The molecule has 2 rings (SSSR count). The van der Waals surface area contributed by atoms with Crippen molar-refractivity contribution in [2.24, 2.45) is 5.92 Å². The van der Waals surface area contributed by atoms with Gasteiger partial charge in [0.2, 0.25) is 0 Å². The van der Waals surface area contributed by atoms with E-state index in [2.05, 4.69) is 14.1 Å². The molecular weight excluding hydrogens is 309 g/mol. The summed E-state index contributed by atoms with van der Waals surface area (Å²) in [7, 11) is 4.26. The quantitative estimate of drug-likeness (QED) is 0.860. The van der Waals surface area contributed by atoms with E-state index in [1.165, 1.54) is 11.3 Å². The first-order valence-electron chi connectivity index (χ1n) is 7.42. The SMILES string of the molecule is C[NH+](C)C[C@@H]1CCCC[C@H]1OC(=O)c1ccc(Cl)cc1Cl. The molecule has 21 heavy (non-hydrogen) atoms. The number of hydrogen-bond donors (Lipinski definition) is 1. The highest BCUT2D eigenvalue weighted by molar-refractivity contribution is 6.36. The topological polar surface area (TPSA) is 30.7 Å². The third kappa shape index (κ3) is 4.60. The van der Waals surface area contributed by atoms with Gasteiger partial charge in [0.15, 0.2) is 0 Å². The van der Waals surface area contributed by atoms with Crippen LogP contribution in [0.2, 0.25) is 10.0 Å². The maximum absolute atomic E-state index is 12.3. The normalized spacial score (nSPS) is 22.3. The van der Waals surface area contributed by atoms with E-state index in [4.69, 9.17) is 27.9 Å². The van der Waals surface area contributed by atoms with Gasteiger partial charge in [-0.25, -0.2) is 4.79 Å². The van der Waals surface area contributed by atoms with Crippen LogP contribution in [0, 0.1) is 5.92 Å². The molecule has 1 N–H and O–H groups in total. The number of halogens is 2. The van der Waals surface area contributed by atoms with Gasteiger partial charge in [0.25, 0.3) is 0 Å². The van der Waals surface area contributed by atoms with Crippen LogP contribution in [0.4, 0.5) is 0 Å². The van der Waals surface area contributed by atoms with E-state index in [9.17, 15) is 4.79 Å². The van der Waals surface area contributed by atoms with Gasteiger partial charge in [-0.2, -0.15) is 0 Å². The van der Waals surface area contributed by atoms with E-state index >= 15 is 0 Å². The average Bonchev–Trinajstić information content (AvgIpc) is 2.40. The van der Waals surface area contributed by atoms with Crippen LogP contribution in [-0.4, -0.2) is 32.7 Å². The maximum Gasteiger partial charge on any atom is 0.339 e. The Morgan fingerprint density at radius 3 is 2.67 bits per heavy atom. The number of nitrogens with one attached hydrogen (secondary N) is 1. The standard InChI is InChI=1S/C16H21Cl2NO2/c1-19(2)10-11-5-3-4-6-15(11)21-16(20)13-8-7-12(17)9-14(13)18/h7-9,11,15H,3-6,10H2,1-2H3/p+1/t11-,15+/m0/s1. The predicted octanol–water partition coefficient (Wildman–Crippen LogP) is 2.85. The molecule has 0 spiro atoms. The minimum absolute atomic E-state index is 0.00658. The minimum Gasteiger partial charge on any atom is -0.458 e. The Hall–Kier alpha value is -0.770. The van der Waals surface area contributed by atoms with Crippen molar-refractivity contribution < 1.29 is 14.4 Å². The maximum atomic E-state index is 12.3. The number of carbonyl (C=O) groups is 1. The predicted molar refractivity (Wildman–Crippen MR) is 85.3 cm³/mol. The summed E-state index contributed by atoms with van der Waals surface area (Å²) in [5, 5.41) is 0.862. The van der Waals surface area contributed by atoms with E-state index in [1.807, 2.05) is 0 Å². The van der Waals surface area contributed by atoms with Crippen molar-refractivity contribution in [1.29, 1.82) is 0 Å². The van der Waals surface area contributed by atoms with Gasteiger partial charge >= 0.3 is 5.97 Å². The zero-order valence-corrected chi connectivity index (χ0v) is 14.0. The summed E-state index contributed by atoms with van der Waals surface area (Å²) in [6.07, 6.45) is 4.39. The van der Waals surface area contributed by atoms with E-state index < -0.39 is 0 Å². The molecule has 1 saturated carbocycles. The molecule has 0 aliphatic heterocycles. The Labute approximate surface area is 136 Å². The van der Waals surface area contributed by atoms with Crippen molar-refractivity contribution in [2.45, 2.75) is 31.8 Å². The average molecular weight is 331 g/mol. The van der Waals surface area contributed by atoms with Crippen LogP contribution in [0.25, 0.3) is 0 Å². The molecule has 3 nitrogen and oxygen atoms in total. The molecular formula is C16H22Cl2NO2+. The molecule has 5 heteroatoms. The highest BCUT2D eigenvalue weighted by Gasteiger charge is 2.31. The second kappa shape index (κ2) is 7.48. The third-order valence-corrected chi connectivity index (χ3v) is 4.47. The lowest BCUT2D eigenvalue weighted by atomic mass is 9.86. The fourth-order valence-electron chi connectivity index (χ4n) is 2.94. The second-order valence-corrected chi connectivity index (χ2v) is 6.87. The summed E-state index contributed by atoms with van der Waals surface area (Å²) in [6.45, 7) is 1.02. The van der Waals surface area contributed by atoms with Gasteiger partial charge in [-0.1, -0.05) is 29.6 Å². The van der Waals surface area contributed by atoms with Gasteiger partial charge < -0.3 is 9.64 Å². The lowest BCUT2D eigenvalue weighted by molar-refractivity contribution is -0.862. The summed E-state index contributed by atoms with van der Waals surface area (Å²) in [5.74, 6) is 0.0844. The number of hydrogen-bond acceptors (Lipinski definition) is 2. The van der Waals surface area contributed by atoms with Gasteiger partial charge in [-0.05, 0) is 37.5 Å². The Kier molecular flexibility index (Phi) is 5.91. The van der Waals surface area contributed by atoms with Gasteiger partial charge in [0.05, 0.1) is 31.2 Å². The first-order chi connectivity index (χ1) is 9.97. The fourth-order valence-corrected chi connectivity index (χ4v) is 3.43. The van der Waals surface area contributed by atoms with Crippen molar-refractivity contribution in [3.05, 3.63) is 33.8 Å². The minimum atomic E-state index is -0.345. The Morgan fingerprint density at radius 2 is 2.00 bits per heavy atom. The molecule has 2 atom stereocenters. The summed E-state index contributed by atoms with van der Waals surface area (Å²) >= 11 is 11.9. The largest absolute Gasteiger partial charge is 0.458 e. The molecule has 0 bridgehead atoms. The van der Waals surface area contributed by atoms with Crippen LogP contribution in [0.5, 0.6) is 0 Å². The number of rotatable bonds is 4. The second-order valence-electron chi connectivity index (χ2n) is 6.02. The molecule has 1 aliphatic carbocycles. The Bertz CT molecular complexity index is 505. The molecule has 0 saturated heterocycles. The zero-order valence-electron chi connectivity index (χ0n) is 12.5. The molecule has 0 heterocycles. The van der Waals surface area contributed by atoms with E-state index in [1.54, 1.807) is 18.2 Å². The molecule has 116 valence electrons. The van der Waals surface area contributed by atoms with Gasteiger partial charge in [0, 0.05) is 10.9 Å². The summed E-state index contributed by atoms with van der Waals surface area (Å²) in [4.78, 5) is 13.7. The van der Waals surface area contributed by atoms with Gasteiger partial charge in [-0.15, -0.1) is 0 Å². The first-order valence-corrected chi connectivity index (χ1v) is 8.18. The Morgan fingerprint density at radius 1 is 1.29 bits per heavy atom. The number of carbonyl (C=O) groups excluding carboxylic acids is 1. The lowest BCUT2D eigenvalue weighted by Gasteiger charge is -2.31. The van der Waals surface area contributed by atoms with E-state index in [0.29, 0.717) is 21.5 Å². The first kappa shape index (κ1) is 16.6. The fraction of sp³-hybridized carbons (Fsp3) is 0.562. The third-order valence-electron chi connectivity index (χ3n) is 3.92. The van der Waals surface area contributed by atoms with E-state index in [0.717, 1.165) is 25.8 Å². The van der Waals surface area contributed by atoms with Crippen LogP contribution < -0.4 is 4.90 Å². The number of benzene rings is 1. The lowest BCUT2D eigenvalue weighted by Crippen LogP contribution is -3.06. The van der Waals surface area contributed by atoms with Gasteiger partial charge in [0.1, 0.15) is 6.10 Å². The van der Waals surface area contributed by atoms with Crippen LogP contribution in [-0.2, 0) is 4.74 Å². The van der Waals surface area contributed by atoms with Crippen LogP contribution >= 0.6 is 23.2 Å². The molecule has 1 aliphatic rings. The van der Waals surface area contributed by atoms with Crippen molar-refractivity contribution in [2.75, 3.05) is 20.6 Å². The van der Waals surface area contributed by atoms with Crippen LogP contribution in [0.3, 0.4) is 0 Å². The highest BCUT2D eigenvalue weighted by Crippen LogP contribution is 2.28. The van der Waals surface area contributed by atoms with Gasteiger partial charge in [-0.3, -0.25) is 0 Å². The molecule has 0 unspecified atom stereocenters. The van der Waals surface area contributed by atoms with Crippen LogP contribution in [0.15, 0.2) is 18.2 Å². The monoisotopic (exact) mass is 330 g/mol. The van der Waals surface area contributed by atoms with Crippen molar-refractivity contribution in [3.8, 4) is 0 Å². The van der Waals surface area contributed by atoms with Crippen molar-refractivity contribution in [1.82, 2.24) is 0 Å². The molecule has 0 amide bonds. The highest BCUT2D eigenvalue weighted by atomic mass is 35.5. The summed E-state index contributed by atoms with van der Waals surface area (Å²) < 4.78 is 5.73. The molecule has 1 fully saturated rings. The Balaban J connectivity index is 2.06. The van der Waals surface area contributed by atoms with Crippen molar-refractivity contribution in [3.63, 3.8) is 0 Å². The number of quaternary nitrogens is 1. The number of esters is 1. The zero-order chi connectivity index (χ0) is 15.4. The molecule has 1 aromatic carbocycles. The van der Waals surface area contributed by atoms with Crippen LogP contribution in [0.1, 0.15) is 36.0 Å². The summed E-state index contributed by atoms with van der Waals surface area (Å²) in [6, 6.07) is 4.86. The molecule has 0 radical (unpaired) electrons.